The Balaban J connectivity index is 1.64. The predicted molar refractivity (Wildman–Crippen MR) is 107 cm³/mol. The van der Waals surface area contributed by atoms with E-state index in [2.05, 4.69) is 10.6 Å². The molecule has 1 aliphatic rings. The molecule has 1 aliphatic heterocycles. The normalized spacial score (nSPS) is 18.9. The molecule has 146 valence electrons. The average molecular weight is 420 g/mol. The van der Waals surface area contributed by atoms with Crippen molar-refractivity contribution >= 4 is 41.0 Å². The summed E-state index contributed by atoms with van der Waals surface area (Å²) in [5.74, 6) is -0.953. The van der Waals surface area contributed by atoms with Crippen LogP contribution >= 0.6 is 23.2 Å². The largest absolute Gasteiger partial charge is 0.354 e. The van der Waals surface area contributed by atoms with E-state index in [1.165, 1.54) is 6.07 Å². The lowest BCUT2D eigenvalue weighted by Gasteiger charge is -2.23. The highest BCUT2D eigenvalue weighted by atomic mass is 35.5. The zero-order valence-electron chi connectivity index (χ0n) is 15.2. The van der Waals surface area contributed by atoms with Crippen molar-refractivity contribution in [1.29, 1.82) is 0 Å². The lowest BCUT2D eigenvalue weighted by Crippen LogP contribution is -2.43. The SMILES string of the molecule is CC1(c2ccc(Cl)cc2Cl)NC(=O)N(CC(=O)NCCc2ccccc2)C1=O. The van der Waals surface area contributed by atoms with Gasteiger partial charge in [0.25, 0.3) is 5.91 Å². The van der Waals surface area contributed by atoms with Crippen LogP contribution in [0.15, 0.2) is 48.5 Å². The van der Waals surface area contributed by atoms with E-state index >= 15 is 0 Å². The van der Waals surface area contributed by atoms with Crippen LogP contribution in [0.2, 0.25) is 10.0 Å². The molecule has 0 spiro atoms. The van der Waals surface area contributed by atoms with Gasteiger partial charge < -0.3 is 10.6 Å². The van der Waals surface area contributed by atoms with Gasteiger partial charge in [0, 0.05) is 22.2 Å². The van der Waals surface area contributed by atoms with Crippen molar-refractivity contribution in [2.75, 3.05) is 13.1 Å². The van der Waals surface area contributed by atoms with Crippen molar-refractivity contribution in [3.05, 3.63) is 69.7 Å². The minimum Gasteiger partial charge on any atom is -0.354 e. The van der Waals surface area contributed by atoms with Crippen LogP contribution in [0.1, 0.15) is 18.1 Å². The number of hydrogen-bond donors (Lipinski definition) is 2. The lowest BCUT2D eigenvalue weighted by atomic mass is 9.92. The van der Waals surface area contributed by atoms with Gasteiger partial charge in [0.15, 0.2) is 0 Å². The van der Waals surface area contributed by atoms with Crippen molar-refractivity contribution < 1.29 is 14.4 Å². The highest BCUT2D eigenvalue weighted by Crippen LogP contribution is 2.34. The number of imide groups is 1. The zero-order chi connectivity index (χ0) is 20.3. The van der Waals surface area contributed by atoms with Crippen LogP contribution in [-0.4, -0.2) is 35.8 Å². The van der Waals surface area contributed by atoms with Gasteiger partial charge in [-0.05, 0) is 31.0 Å². The molecule has 1 heterocycles. The molecule has 0 radical (unpaired) electrons. The van der Waals surface area contributed by atoms with Gasteiger partial charge in [0.05, 0.1) is 0 Å². The van der Waals surface area contributed by atoms with Gasteiger partial charge in [-0.15, -0.1) is 0 Å². The first-order chi connectivity index (χ1) is 13.3. The topological polar surface area (TPSA) is 78.5 Å². The van der Waals surface area contributed by atoms with E-state index in [-0.39, 0.29) is 11.6 Å². The van der Waals surface area contributed by atoms with E-state index in [0.29, 0.717) is 23.6 Å². The second kappa shape index (κ2) is 8.20. The molecule has 1 atom stereocenters. The summed E-state index contributed by atoms with van der Waals surface area (Å²) < 4.78 is 0. The van der Waals surface area contributed by atoms with Crippen molar-refractivity contribution in [1.82, 2.24) is 15.5 Å². The number of rotatable bonds is 6. The van der Waals surface area contributed by atoms with Crippen LogP contribution in [0.5, 0.6) is 0 Å². The third-order valence-electron chi connectivity index (χ3n) is 4.63. The predicted octanol–water partition coefficient (Wildman–Crippen LogP) is 3.12. The first-order valence-electron chi connectivity index (χ1n) is 8.71. The summed E-state index contributed by atoms with van der Waals surface area (Å²) >= 11 is 12.1. The first-order valence-corrected chi connectivity index (χ1v) is 9.47. The monoisotopic (exact) mass is 419 g/mol. The van der Waals surface area contributed by atoms with E-state index in [4.69, 9.17) is 23.2 Å². The van der Waals surface area contributed by atoms with Crippen molar-refractivity contribution in [3.63, 3.8) is 0 Å². The van der Waals surface area contributed by atoms with Gasteiger partial charge >= 0.3 is 6.03 Å². The molecule has 1 unspecified atom stereocenters. The summed E-state index contributed by atoms with van der Waals surface area (Å²) in [6.07, 6.45) is 0.658. The Labute approximate surface area is 172 Å². The molecule has 0 aromatic heterocycles. The van der Waals surface area contributed by atoms with Gasteiger partial charge in [-0.2, -0.15) is 0 Å². The smallest absolute Gasteiger partial charge is 0.325 e. The van der Waals surface area contributed by atoms with Crippen LogP contribution in [0, 0.1) is 0 Å². The number of carbonyl (C=O) groups is 3. The molecule has 2 aromatic rings. The Kier molecular flexibility index (Phi) is 5.91. The van der Waals surface area contributed by atoms with Gasteiger partial charge in [-0.3, -0.25) is 14.5 Å². The molecule has 8 heteroatoms. The van der Waals surface area contributed by atoms with Gasteiger partial charge in [-0.25, -0.2) is 4.79 Å². The first kappa shape index (κ1) is 20.2. The van der Waals surface area contributed by atoms with E-state index in [1.54, 1.807) is 19.1 Å². The number of halogens is 2. The highest BCUT2D eigenvalue weighted by molar-refractivity contribution is 6.35. The maximum atomic E-state index is 12.9. The third kappa shape index (κ3) is 4.13. The fraction of sp³-hybridized carbons (Fsp3) is 0.250. The Hall–Kier alpha value is -2.57. The number of amides is 4. The summed E-state index contributed by atoms with van der Waals surface area (Å²) in [5, 5.41) is 6.03. The average Bonchev–Trinajstić information content (AvgIpc) is 2.86. The zero-order valence-corrected chi connectivity index (χ0v) is 16.7. The number of hydrogen-bond acceptors (Lipinski definition) is 3. The van der Waals surface area contributed by atoms with E-state index < -0.39 is 23.4 Å². The standard InChI is InChI=1S/C20H19Cl2N3O3/c1-20(15-8-7-14(21)11-16(15)22)18(27)25(19(28)24-20)12-17(26)23-10-9-13-5-3-2-4-6-13/h2-8,11H,9-10,12H2,1H3,(H,23,26)(H,24,28). The number of urea groups is 1. The molecule has 1 saturated heterocycles. The van der Waals surface area contributed by atoms with Crippen molar-refractivity contribution in [2.24, 2.45) is 0 Å². The maximum Gasteiger partial charge on any atom is 0.325 e. The van der Waals surface area contributed by atoms with Crippen molar-refractivity contribution in [3.8, 4) is 0 Å². The van der Waals surface area contributed by atoms with E-state index in [9.17, 15) is 14.4 Å². The lowest BCUT2D eigenvalue weighted by molar-refractivity contribution is -0.134. The van der Waals surface area contributed by atoms with E-state index in [1.807, 2.05) is 30.3 Å². The molecule has 4 amide bonds. The second-order valence-electron chi connectivity index (χ2n) is 6.66. The van der Waals surface area contributed by atoms with Crippen LogP contribution in [-0.2, 0) is 21.5 Å². The molecule has 0 bridgehead atoms. The minimum atomic E-state index is -1.36. The Bertz CT molecular complexity index is 920. The van der Waals surface area contributed by atoms with Crippen LogP contribution in [0.4, 0.5) is 4.79 Å². The molecular weight excluding hydrogens is 401 g/mol. The summed E-state index contributed by atoms with van der Waals surface area (Å²) in [7, 11) is 0. The third-order valence-corrected chi connectivity index (χ3v) is 5.17. The molecule has 28 heavy (non-hydrogen) atoms. The number of nitrogens with one attached hydrogen (secondary N) is 2. The quantitative estimate of drug-likeness (QED) is 0.705. The highest BCUT2D eigenvalue weighted by Gasteiger charge is 2.50. The molecule has 0 saturated carbocycles. The molecule has 2 N–H and O–H groups in total. The maximum absolute atomic E-state index is 12.9. The Morgan fingerprint density at radius 1 is 1.14 bits per heavy atom. The summed E-state index contributed by atoms with van der Waals surface area (Å²) in [6.45, 7) is 1.60. The molecule has 6 nitrogen and oxygen atoms in total. The fourth-order valence-corrected chi connectivity index (χ4v) is 3.71. The molecule has 0 aliphatic carbocycles. The van der Waals surface area contributed by atoms with Crippen LogP contribution in [0.25, 0.3) is 0 Å². The molecule has 1 fully saturated rings. The van der Waals surface area contributed by atoms with Gasteiger partial charge in [0.2, 0.25) is 5.91 Å². The fourth-order valence-electron chi connectivity index (χ4n) is 3.11. The summed E-state index contributed by atoms with van der Waals surface area (Å²) in [5.41, 5.74) is 0.148. The minimum absolute atomic E-state index is 0.262. The Morgan fingerprint density at radius 3 is 2.54 bits per heavy atom. The summed E-state index contributed by atoms with van der Waals surface area (Å²) in [4.78, 5) is 38.3. The van der Waals surface area contributed by atoms with E-state index in [0.717, 1.165) is 10.5 Å². The number of carbonyl (C=O) groups excluding carboxylic acids is 3. The van der Waals surface area contributed by atoms with Gasteiger partial charge in [-0.1, -0.05) is 59.6 Å². The van der Waals surface area contributed by atoms with Crippen LogP contribution in [0.3, 0.4) is 0 Å². The van der Waals surface area contributed by atoms with Crippen LogP contribution < -0.4 is 10.6 Å². The molecule has 2 aromatic carbocycles. The Morgan fingerprint density at radius 2 is 1.86 bits per heavy atom. The number of benzene rings is 2. The number of nitrogens with zero attached hydrogens (tertiary/aromatic N) is 1. The van der Waals surface area contributed by atoms with Gasteiger partial charge in [0.1, 0.15) is 12.1 Å². The molecule has 3 rings (SSSR count). The van der Waals surface area contributed by atoms with Crippen molar-refractivity contribution in [2.45, 2.75) is 18.9 Å². The second-order valence-corrected chi connectivity index (χ2v) is 7.50. The summed E-state index contributed by atoms with van der Waals surface area (Å²) in [6, 6.07) is 13.7. The molecular formula is C20H19Cl2N3O3.